The first-order chi connectivity index (χ1) is 10.2. The van der Waals surface area contributed by atoms with Crippen LogP contribution in [-0.2, 0) is 0 Å². The molecule has 0 radical (unpaired) electrons. The second-order valence-corrected chi connectivity index (χ2v) is 5.12. The summed E-state index contributed by atoms with van der Waals surface area (Å²) in [6, 6.07) is 11.8. The van der Waals surface area contributed by atoms with Gasteiger partial charge >= 0.3 is 0 Å². The van der Waals surface area contributed by atoms with Gasteiger partial charge < -0.3 is 10.0 Å². The quantitative estimate of drug-likeness (QED) is 0.919. The van der Waals surface area contributed by atoms with E-state index in [1.165, 1.54) is 12.1 Å². The van der Waals surface area contributed by atoms with E-state index in [4.69, 9.17) is 5.26 Å². The van der Waals surface area contributed by atoms with E-state index in [1.807, 2.05) is 17.0 Å². The molecule has 1 aromatic carbocycles. The molecule has 4 nitrogen and oxygen atoms in total. The number of aliphatic hydroxyl groups is 1. The Balaban J connectivity index is 1.97. The summed E-state index contributed by atoms with van der Waals surface area (Å²) in [6.07, 6.45) is 1.63. The van der Waals surface area contributed by atoms with Crippen LogP contribution in [0.3, 0.4) is 0 Å². The van der Waals surface area contributed by atoms with Crippen molar-refractivity contribution < 1.29 is 9.50 Å². The van der Waals surface area contributed by atoms with E-state index in [9.17, 15) is 9.50 Å². The molecule has 106 valence electrons. The highest BCUT2D eigenvalue weighted by Gasteiger charge is 2.32. The Kier molecular flexibility index (Phi) is 3.55. The normalized spacial score (nSPS) is 21.3. The van der Waals surface area contributed by atoms with Crippen LogP contribution in [-0.4, -0.2) is 22.7 Å². The van der Waals surface area contributed by atoms with Gasteiger partial charge in [0.2, 0.25) is 0 Å². The lowest BCUT2D eigenvalue weighted by Crippen LogP contribution is -2.24. The zero-order valence-electron chi connectivity index (χ0n) is 11.3. The van der Waals surface area contributed by atoms with E-state index in [0.717, 1.165) is 11.3 Å². The second-order valence-electron chi connectivity index (χ2n) is 5.12. The van der Waals surface area contributed by atoms with Gasteiger partial charge in [0.15, 0.2) is 0 Å². The van der Waals surface area contributed by atoms with Crippen LogP contribution < -0.4 is 4.90 Å². The molecule has 0 amide bonds. The number of halogens is 1. The summed E-state index contributed by atoms with van der Waals surface area (Å²) in [6.45, 7) is 0.454. The van der Waals surface area contributed by atoms with Crippen molar-refractivity contribution in [2.75, 3.05) is 11.4 Å². The molecule has 2 heterocycles. The minimum Gasteiger partial charge on any atom is -0.391 e. The molecule has 0 bridgehead atoms. The van der Waals surface area contributed by atoms with E-state index in [0.29, 0.717) is 18.7 Å². The molecule has 0 spiro atoms. The number of rotatable bonds is 2. The molecule has 1 aliphatic rings. The van der Waals surface area contributed by atoms with Gasteiger partial charge in [-0.1, -0.05) is 12.1 Å². The topological polar surface area (TPSA) is 60.2 Å². The standard InChI is InChI=1S/C16H14FN3O/c17-12-3-1-2-11(6-12)16-8-15(21)10-20(16)14-4-5-19-13(7-14)9-18/h1-7,15-16,21H,8,10H2/t15-,16-/m1/s1. The lowest BCUT2D eigenvalue weighted by Gasteiger charge is -2.26. The first kappa shape index (κ1) is 13.5. The van der Waals surface area contributed by atoms with Crippen LogP contribution in [0.15, 0.2) is 42.6 Å². The Hall–Kier alpha value is -2.45. The van der Waals surface area contributed by atoms with Gasteiger partial charge in [-0.3, -0.25) is 0 Å². The number of hydrogen-bond acceptors (Lipinski definition) is 4. The van der Waals surface area contributed by atoms with Crippen molar-refractivity contribution in [1.29, 1.82) is 5.26 Å². The van der Waals surface area contributed by atoms with Crippen molar-refractivity contribution in [2.24, 2.45) is 0 Å². The summed E-state index contributed by atoms with van der Waals surface area (Å²) < 4.78 is 13.4. The van der Waals surface area contributed by atoms with Crippen LogP contribution in [0.2, 0.25) is 0 Å². The molecule has 2 aromatic rings. The first-order valence-corrected chi connectivity index (χ1v) is 6.73. The third-order valence-electron chi connectivity index (χ3n) is 3.70. The highest BCUT2D eigenvalue weighted by atomic mass is 19.1. The van der Waals surface area contributed by atoms with E-state index in [1.54, 1.807) is 24.4 Å². The number of nitrogens with zero attached hydrogens (tertiary/aromatic N) is 3. The van der Waals surface area contributed by atoms with Gasteiger partial charge in [0.25, 0.3) is 0 Å². The van der Waals surface area contributed by atoms with Crippen molar-refractivity contribution in [1.82, 2.24) is 4.98 Å². The van der Waals surface area contributed by atoms with E-state index in [-0.39, 0.29) is 11.9 Å². The molecule has 21 heavy (non-hydrogen) atoms. The molecule has 1 fully saturated rings. The minimum absolute atomic E-state index is 0.107. The first-order valence-electron chi connectivity index (χ1n) is 6.73. The fourth-order valence-corrected chi connectivity index (χ4v) is 2.79. The van der Waals surface area contributed by atoms with Crippen LogP contribution in [0, 0.1) is 17.1 Å². The van der Waals surface area contributed by atoms with E-state index in [2.05, 4.69) is 4.98 Å². The zero-order chi connectivity index (χ0) is 14.8. The van der Waals surface area contributed by atoms with Crippen molar-refractivity contribution in [3.63, 3.8) is 0 Å². The Morgan fingerprint density at radius 1 is 1.33 bits per heavy atom. The van der Waals surface area contributed by atoms with Gasteiger partial charge in [-0.25, -0.2) is 9.37 Å². The Morgan fingerprint density at radius 3 is 2.95 bits per heavy atom. The van der Waals surface area contributed by atoms with Gasteiger partial charge in [-0.15, -0.1) is 0 Å². The molecule has 0 saturated carbocycles. The number of β-amino-alcohol motifs (C(OH)–C–C–N with tert-alkyl or cyclic N) is 1. The molecule has 0 unspecified atom stereocenters. The van der Waals surface area contributed by atoms with Crippen LogP contribution in [0.1, 0.15) is 23.7 Å². The maximum atomic E-state index is 13.4. The van der Waals surface area contributed by atoms with Gasteiger partial charge in [-0.2, -0.15) is 5.26 Å². The maximum Gasteiger partial charge on any atom is 0.142 e. The lowest BCUT2D eigenvalue weighted by molar-refractivity contribution is 0.194. The molecule has 1 N–H and O–H groups in total. The van der Waals surface area contributed by atoms with Crippen LogP contribution in [0.4, 0.5) is 10.1 Å². The maximum absolute atomic E-state index is 13.4. The summed E-state index contributed by atoms with van der Waals surface area (Å²) in [4.78, 5) is 5.94. The average molecular weight is 283 g/mol. The smallest absolute Gasteiger partial charge is 0.142 e. The summed E-state index contributed by atoms with van der Waals surface area (Å²) in [5.74, 6) is -0.290. The monoisotopic (exact) mass is 283 g/mol. The Morgan fingerprint density at radius 2 is 2.19 bits per heavy atom. The van der Waals surface area contributed by atoms with E-state index < -0.39 is 6.10 Å². The van der Waals surface area contributed by atoms with Gasteiger partial charge in [0, 0.05) is 18.4 Å². The molecule has 1 aliphatic heterocycles. The molecule has 5 heteroatoms. The second kappa shape index (κ2) is 5.51. The predicted octanol–water partition coefficient (Wildman–Crippen LogP) is 2.40. The summed E-state index contributed by atoms with van der Waals surface area (Å²) in [7, 11) is 0. The highest BCUT2D eigenvalue weighted by molar-refractivity contribution is 5.52. The van der Waals surface area contributed by atoms with Crippen molar-refractivity contribution >= 4 is 5.69 Å². The highest BCUT2D eigenvalue weighted by Crippen LogP contribution is 2.36. The van der Waals surface area contributed by atoms with Gasteiger partial charge in [0.05, 0.1) is 12.1 Å². The third kappa shape index (κ3) is 2.71. The fourth-order valence-electron chi connectivity index (χ4n) is 2.79. The third-order valence-corrected chi connectivity index (χ3v) is 3.70. The largest absolute Gasteiger partial charge is 0.391 e. The van der Waals surface area contributed by atoms with Crippen LogP contribution in [0.25, 0.3) is 0 Å². The molecular weight excluding hydrogens is 269 g/mol. The Bertz CT molecular complexity index is 698. The molecule has 3 rings (SSSR count). The Labute approximate surface area is 122 Å². The summed E-state index contributed by atoms with van der Waals surface area (Å²) in [5.41, 5.74) is 1.96. The molecule has 1 aromatic heterocycles. The molecule has 2 atom stereocenters. The molecule has 0 aliphatic carbocycles. The number of aliphatic hydroxyl groups excluding tert-OH is 1. The van der Waals surface area contributed by atoms with Crippen molar-refractivity contribution in [3.05, 3.63) is 59.7 Å². The lowest BCUT2D eigenvalue weighted by atomic mass is 10.0. The molecular formula is C16H14FN3O. The fraction of sp³-hybridized carbons (Fsp3) is 0.250. The van der Waals surface area contributed by atoms with Gasteiger partial charge in [-0.05, 0) is 36.2 Å². The SMILES string of the molecule is N#Cc1cc(N2C[C@H](O)C[C@@H]2c2cccc(F)c2)ccn1. The number of hydrogen-bond donors (Lipinski definition) is 1. The van der Waals surface area contributed by atoms with Crippen LogP contribution in [0.5, 0.6) is 0 Å². The summed E-state index contributed by atoms with van der Waals surface area (Å²) in [5, 5.41) is 18.9. The number of benzene rings is 1. The van der Waals surface area contributed by atoms with Gasteiger partial charge in [0.1, 0.15) is 17.6 Å². The number of aromatic nitrogens is 1. The van der Waals surface area contributed by atoms with Crippen LogP contribution >= 0.6 is 0 Å². The van der Waals surface area contributed by atoms with E-state index >= 15 is 0 Å². The number of nitriles is 1. The van der Waals surface area contributed by atoms with Crippen molar-refractivity contribution in [3.8, 4) is 6.07 Å². The van der Waals surface area contributed by atoms with Crippen molar-refractivity contribution in [2.45, 2.75) is 18.6 Å². The predicted molar refractivity (Wildman–Crippen MR) is 76.1 cm³/mol. The number of anilines is 1. The average Bonchev–Trinajstić information content (AvgIpc) is 2.89. The molecule has 1 saturated heterocycles. The summed E-state index contributed by atoms with van der Waals surface area (Å²) >= 11 is 0. The number of pyridine rings is 1. The minimum atomic E-state index is -0.475. The zero-order valence-corrected chi connectivity index (χ0v) is 11.3.